The monoisotopic (exact) mass is 461 g/mol. The van der Waals surface area contributed by atoms with Gasteiger partial charge in [0.15, 0.2) is 19.0 Å². The van der Waals surface area contributed by atoms with Crippen molar-refractivity contribution >= 4 is 23.3 Å². The van der Waals surface area contributed by atoms with Crippen LogP contribution in [0.15, 0.2) is 66.9 Å². The standard InChI is InChI=1S/C25H23N3O6/c1-32-19-6-8-20(9-7-19)33-15-22(29)17-5-10-23-21(12-17)28(25(31)16-34-23)14-24(30)27-13-18-4-2-3-11-26-18/h2-12H,13-16H2,1H3,(H,27,30). The Kier molecular flexibility index (Phi) is 7.02. The van der Waals surface area contributed by atoms with Gasteiger partial charge in [0.25, 0.3) is 5.91 Å². The van der Waals surface area contributed by atoms with E-state index in [2.05, 4.69) is 10.3 Å². The van der Waals surface area contributed by atoms with Crippen LogP contribution in [-0.4, -0.2) is 49.4 Å². The van der Waals surface area contributed by atoms with E-state index < -0.39 is 0 Å². The lowest BCUT2D eigenvalue weighted by Crippen LogP contribution is -2.45. The second kappa shape index (κ2) is 10.5. The number of methoxy groups -OCH3 is 1. The number of carbonyl (C=O) groups is 3. The number of anilines is 1. The van der Waals surface area contributed by atoms with Gasteiger partial charge >= 0.3 is 0 Å². The Bertz CT molecular complexity index is 1180. The topological polar surface area (TPSA) is 107 Å². The Labute approximate surface area is 196 Å². The molecule has 0 saturated carbocycles. The summed E-state index contributed by atoms with van der Waals surface area (Å²) in [6, 6.07) is 17.0. The SMILES string of the molecule is COc1ccc(OCC(=O)c2ccc3c(c2)N(CC(=O)NCc2ccccn2)C(=O)CO3)cc1. The summed E-state index contributed by atoms with van der Waals surface area (Å²) in [5.41, 5.74) is 1.40. The van der Waals surface area contributed by atoms with Gasteiger partial charge in [-0.15, -0.1) is 0 Å². The number of hydrogen-bond acceptors (Lipinski definition) is 7. The highest BCUT2D eigenvalue weighted by molar-refractivity contribution is 6.04. The van der Waals surface area contributed by atoms with Crippen LogP contribution in [0.5, 0.6) is 17.2 Å². The molecule has 1 N–H and O–H groups in total. The largest absolute Gasteiger partial charge is 0.497 e. The molecule has 9 nitrogen and oxygen atoms in total. The zero-order chi connectivity index (χ0) is 23.9. The maximum absolute atomic E-state index is 12.7. The van der Waals surface area contributed by atoms with Crippen LogP contribution in [0.1, 0.15) is 16.1 Å². The summed E-state index contributed by atoms with van der Waals surface area (Å²) in [6.07, 6.45) is 1.64. The molecule has 4 rings (SSSR count). The molecule has 1 aromatic heterocycles. The zero-order valence-electron chi connectivity index (χ0n) is 18.5. The fourth-order valence-corrected chi connectivity index (χ4v) is 3.34. The molecule has 2 heterocycles. The summed E-state index contributed by atoms with van der Waals surface area (Å²) < 4.78 is 16.1. The molecule has 2 amide bonds. The molecule has 2 aromatic carbocycles. The molecule has 0 spiro atoms. The minimum Gasteiger partial charge on any atom is -0.497 e. The molecule has 0 aliphatic carbocycles. The number of nitrogens with zero attached hydrogens (tertiary/aromatic N) is 2. The molecular weight excluding hydrogens is 438 g/mol. The van der Waals surface area contributed by atoms with Crippen LogP contribution < -0.4 is 24.4 Å². The van der Waals surface area contributed by atoms with Crippen molar-refractivity contribution in [1.82, 2.24) is 10.3 Å². The van der Waals surface area contributed by atoms with Gasteiger partial charge in [-0.3, -0.25) is 24.3 Å². The molecule has 0 bridgehead atoms. The molecule has 174 valence electrons. The van der Waals surface area contributed by atoms with Crippen LogP contribution >= 0.6 is 0 Å². The van der Waals surface area contributed by atoms with E-state index in [0.717, 1.165) is 0 Å². The van der Waals surface area contributed by atoms with E-state index in [1.54, 1.807) is 61.8 Å². The minimum absolute atomic E-state index is 0.186. The first-order chi connectivity index (χ1) is 16.5. The lowest BCUT2D eigenvalue weighted by molar-refractivity contribution is -0.125. The van der Waals surface area contributed by atoms with E-state index in [9.17, 15) is 14.4 Å². The second-order valence-electron chi connectivity index (χ2n) is 7.44. The first-order valence-electron chi connectivity index (χ1n) is 10.6. The molecule has 0 radical (unpaired) electrons. The number of fused-ring (bicyclic) bond motifs is 1. The summed E-state index contributed by atoms with van der Waals surface area (Å²) in [4.78, 5) is 43.2. The normalized spacial score (nSPS) is 12.4. The smallest absolute Gasteiger partial charge is 0.265 e. The first kappa shape index (κ1) is 22.8. The molecule has 0 atom stereocenters. The number of rotatable bonds is 9. The van der Waals surface area contributed by atoms with Gasteiger partial charge in [-0.2, -0.15) is 0 Å². The number of aromatic nitrogens is 1. The maximum atomic E-state index is 12.7. The number of pyridine rings is 1. The van der Waals surface area contributed by atoms with E-state index in [0.29, 0.717) is 34.2 Å². The number of Topliss-reactive ketones (excluding diaryl/α,β-unsaturated/α-hetero) is 1. The second-order valence-corrected chi connectivity index (χ2v) is 7.44. The Morgan fingerprint density at radius 3 is 2.62 bits per heavy atom. The highest BCUT2D eigenvalue weighted by Crippen LogP contribution is 2.33. The van der Waals surface area contributed by atoms with Crippen molar-refractivity contribution in [3.05, 3.63) is 78.1 Å². The fourth-order valence-electron chi connectivity index (χ4n) is 3.34. The number of amides is 2. The summed E-state index contributed by atoms with van der Waals surface area (Å²) in [5.74, 6) is 0.617. The average Bonchev–Trinajstić information content (AvgIpc) is 2.88. The van der Waals surface area contributed by atoms with Crippen LogP contribution in [0.25, 0.3) is 0 Å². The highest BCUT2D eigenvalue weighted by atomic mass is 16.5. The van der Waals surface area contributed by atoms with Crippen molar-refractivity contribution in [2.45, 2.75) is 6.54 Å². The third kappa shape index (κ3) is 5.50. The number of ketones is 1. The Balaban J connectivity index is 1.42. The Morgan fingerprint density at radius 2 is 1.88 bits per heavy atom. The summed E-state index contributed by atoms with van der Waals surface area (Å²) >= 11 is 0. The quantitative estimate of drug-likeness (QED) is 0.488. The minimum atomic E-state index is -0.375. The molecule has 1 aliphatic rings. The molecule has 0 unspecified atom stereocenters. The first-order valence-corrected chi connectivity index (χ1v) is 10.6. The molecule has 9 heteroatoms. The average molecular weight is 461 g/mol. The number of nitrogens with one attached hydrogen (secondary N) is 1. The summed E-state index contributed by atoms with van der Waals surface area (Å²) in [7, 11) is 1.57. The zero-order valence-corrected chi connectivity index (χ0v) is 18.5. The van der Waals surface area contributed by atoms with Gasteiger partial charge in [0, 0.05) is 11.8 Å². The molecule has 34 heavy (non-hydrogen) atoms. The molecule has 3 aromatic rings. The van der Waals surface area contributed by atoms with Crippen LogP contribution in [0.4, 0.5) is 5.69 Å². The van der Waals surface area contributed by atoms with Gasteiger partial charge in [0.05, 0.1) is 25.0 Å². The van der Waals surface area contributed by atoms with Gasteiger partial charge in [-0.1, -0.05) is 6.07 Å². The van der Waals surface area contributed by atoms with Crippen molar-refractivity contribution < 1.29 is 28.6 Å². The highest BCUT2D eigenvalue weighted by Gasteiger charge is 2.28. The van der Waals surface area contributed by atoms with Crippen LogP contribution in [0.3, 0.4) is 0 Å². The third-order valence-electron chi connectivity index (χ3n) is 5.15. The van der Waals surface area contributed by atoms with Crippen LogP contribution in [0, 0.1) is 0 Å². The Morgan fingerprint density at radius 1 is 1.09 bits per heavy atom. The fraction of sp³-hybridized carbons (Fsp3) is 0.200. The number of benzene rings is 2. The maximum Gasteiger partial charge on any atom is 0.265 e. The van der Waals surface area contributed by atoms with E-state index in [-0.39, 0.29) is 43.9 Å². The summed E-state index contributed by atoms with van der Waals surface area (Å²) in [6.45, 7) is -0.340. The molecule has 1 aliphatic heterocycles. The summed E-state index contributed by atoms with van der Waals surface area (Å²) in [5, 5.41) is 2.75. The third-order valence-corrected chi connectivity index (χ3v) is 5.15. The van der Waals surface area contributed by atoms with Gasteiger partial charge in [0.2, 0.25) is 5.91 Å². The van der Waals surface area contributed by atoms with Gasteiger partial charge in [-0.25, -0.2) is 0 Å². The lowest BCUT2D eigenvalue weighted by Gasteiger charge is -2.29. The van der Waals surface area contributed by atoms with Crippen LogP contribution in [-0.2, 0) is 16.1 Å². The molecule has 0 saturated heterocycles. The van der Waals surface area contributed by atoms with E-state index in [1.807, 2.05) is 6.07 Å². The predicted molar refractivity (Wildman–Crippen MR) is 123 cm³/mol. The van der Waals surface area contributed by atoms with E-state index in [4.69, 9.17) is 14.2 Å². The van der Waals surface area contributed by atoms with Crippen LogP contribution in [0.2, 0.25) is 0 Å². The van der Waals surface area contributed by atoms with E-state index >= 15 is 0 Å². The van der Waals surface area contributed by atoms with Crippen molar-refractivity contribution in [1.29, 1.82) is 0 Å². The molecule has 0 fully saturated rings. The van der Waals surface area contributed by atoms with E-state index in [1.165, 1.54) is 11.0 Å². The Hall–Kier alpha value is -4.40. The number of carbonyl (C=O) groups excluding carboxylic acids is 3. The van der Waals surface area contributed by atoms with Crippen molar-refractivity contribution in [3.8, 4) is 17.2 Å². The van der Waals surface area contributed by atoms with Gasteiger partial charge in [-0.05, 0) is 54.6 Å². The molecular formula is C25H23N3O6. The number of hydrogen-bond donors (Lipinski definition) is 1. The lowest BCUT2D eigenvalue weighted by atomic mass is 10.1. The van der Waals surface area contributed by atoms with Gasteiger partial charge < -0.3 is 19.5 Å². The van der Waals surface area contributed by atoms with Gasteiger partial charge in [0.1, 0.15) is 23.8 Å². The number of ether oxygens (including phenoxy) is 3. The van der Waals surface area contributed by atoms with Crippen molar-refractivity contribution in [2.75, 3.05) is 31.8 Å². The van der Waals surface area contributed by atoms with Crippen molar-refractivity contribution in [2.24, 2.45) is 0 Å². The predicted octanol–water partition coefficient (Wildman–Crippen LogP) is 2.39. The van der Waals surface area contributed by atoms with Crippen molar-refractivity contribution in [3.63, 3.8) is 0 Å².